The second-order valence-corrected chi connectivity index (χ2v) is 8.02. The molecular formula is C20H23ClF3N7. The number of nitrogens with two attached hydrogens (primary N) is 1. The van der Waals surface area contributed by atoms with Crippen LogP contribution in [-0.2, 0) is 12.7 Å². The summed E-state index contributed by atoms with van der Waals surface area (Å²) < 4.78 is 41.6. The molecule has 1 fully saturated rings. The predicted octanol–water partition coefficient (Wildman–Crippen LogP) is 4.94. The maximum absolute atomic E-state index is 13.3. The zero-order valence-electron chi connectivity index (χ0n) is 16.9. The zero-order valence-corrected chi connectivity index (χ0v) is 17.6. The van der Waals surface area contributed by atoms with Crippen molar-refractivity contribution in [3.05, 3.63) is 35.1 Å². The first kappa shape index (κ1) is 21.6. The van der Waals surface area contributed by atoms with Crippen LogP contribution >= 0.6 is 11.6 Å². The van der Waals surface area contributed by atoms with E-state index in [2.05, 4.69) is 25.6 Å². The highest BCUT2D eigenvalue weighted by Gasteiger charge is 2.33. The maximum atomic E-state index is 13.3. The van der Waals surface area contributed by atoms with Crippen molar-refractivity contribution in [3.63, 3.8) is 0 Å². The minimum Gasteiger partial charge on any atom is -0.350 e. The van der Waals surface area contributed by atoms with Gasteiger partial charge in [-0.15, -0.1) is 0 Å². The van der Waals surface area contributed by atoms with Crippen LogP contribution in [0.1, 0.15) is 38.2 Å². The van der Waals surface area contributed by atoms with Gasteiger partial charge in [-0.2, -0.15) is 23.1 Å². The van der Waals surface area contributed by atoms with E-state index in [-0.39, 0.29) is 22.8 Å². The van der Waals surface area contributed by atoms with Gasteiger partial charge in [0, 0.05) is 24.3 Å². The topological polar surface area (TPSA) is 93.7 Å². The van der Waals surface area contributed by atoms with Gasteiger partial charge in [0.05, 0.1) is 16.9 Å². The smallest absolute Gasteiger partial charge is 0.350 e. The SMILES string of the molecule is CCn1cnc2c(Nc3ccc(Cl)c(C(F)(F)F)c3)nc(N[C@@H]3CCCC[C@@H]3N)nc21. The molecule has 11 heteroatoms. The van der Waals surface area contributed by atoms with Gasteiger partial charge in [0.15, 0.2) is 17.0 Å². The number of hydrogen-bond donors (Lipinski definition) is 3. The fraction of sp³-hybridized carbons (Fsp3) is 0.450. The number of nitrogens with zero attached hydrogens (tertiary/aromatic N) is 4. The van der Waals surface area contributed by atoms with Crippen LogP contribution in [0.2, 0.25) is 5.02 Å². The monoisotopic (exact) mass is 453 g/mol. The number of imidazole rings is 1. The van der Waals surface area contributed by atoms with Crippen LogP contribution in [0.15, 0.2) is 24.5 Å². The molecule has 0 amide bonds. The number of nitrogens with one attached hydrogen (secondary N) is 2. The largest absolute Gasteiger partial charge is 0.417 e. The second kappa shape index (κ2) is 8.51. The van der Waals surface area contributed by atoms with Crippen LogP contribution in [0.4, 0.5) is 30.6 Å². The Hall–Kier alpha value is -2.59. The standard InChI is InChI=1S/C20H23ClF3N7/c1-2-31-10-26-16-17(27-11-7-8-13(21)12(9-11)20(22,23)24)29-19(30-18(16)31)28-15-6-4-3-5-14(15)25/h7-10,14-15H,2-6,25H2,1H3,(H2,27,28,29,30)/t14-,15+/m0/s1. The van der Waals surface area contributed by atoms with Gasteiger partial charge in [-0.1, -0.05) is 24.4 Å². The molecule has 0 spiro atoms. The first-order valence-corrected chi connectivity index (χ1v) is 10.5. The van der Waals surface area contributed by atoms with Crippen LogP contribution in [0.3, 0.4) is 0 Å². The van der Waals surface area contributed by atoms with Gasteiger partial charge < -0.3 is 20.9 Å². The number of rotatable bonds is 5. The third kappa shape index (κ3) is 4.54. The molecule has 4 rings (SSSR count). The Morgan fingerprint density at radius 2 is 2.00 bits per heavy atom. The van der Waals surface area contributed by atoms with E-state index in [1.54, 1.807) is 6.33 Å². The fourth-order valence-electron chi connectivity index (χ4n) is 3.79. The zero-order chi connectivity index (χ0) is 22.2. The molecular weight excluding hydrogens is 431 g/mol. The lowest BCUT2D eigenvalue weighted by molar-refractivity contribution is -0.137. The summed E-state index contributed by atoms with van der Waals surface area (Å²) in [6.07, 6.45) is 1.05. The van der Waals surface area contributed by atoms with E-state index in [1.807, 2.05) is 11.5 Å². The lowest BCUT2D eigenvalue weighted by Gasteiger charge is -2.29. The molecule has 31 heavy (non-hydrogen) atoms. The summed E-state index contributed by atoms with van der Waals surface area (Å²) in [7, 11) is 0. The average Bonchev–Trinajstić information content (AvgIpc) is 3.13. The first-order valence-electron chi connectivity index (χ1n) is 10.1. The molecule has 1 aliphatic rings. The molecule has 2 heterocycles. The molecule has 4 N–H and O–H groups in total. The maximum Gasteiger partial charge on any atom is 0.417 e. The number of benzene rings is 1. The van der Waals surface area contributed by atoms with E-state index in [4.69, 9.17) is 17.3 Å². The van der Waals surface area contributed by atoms with Crippen LogP contribution in [0, 0.1) is 0 Å². The van der Waals surface area contributed by atoms with Crippen molar-refractivity contribution >= 4 is 40.2 Å². The van der Waals surface area contributed by atoms with E-state index >= 15 is 0 Å². The van der Waals surface area contributed by atoms with E-state index in [0.717, 1.165) is 31.7 Å². The van der Waals surface area contributed by atoms with Crippen molar-refractivity contribution in [2.45, 2.75) is 57.4 Å². The molecule has 7 nitrogen and oxygen atoms in total. The van der Waals surface area contributed by atoms with Gasteiger partial charge in [0.25, 0.3) is 0 Å². The number of anilines is 3. The number of aryl methyl sites for hydroxylation is 1. The molecule has 0 aliphatic heterocycles. The van der Waals surface area contributed by atoms with Gasteiger partial charge in [0.1, 0.15) is 0 Å². The summed E-state index contributed by atoms with van der Waals surface area (Å²) >= 11 is 5.74. The van der Waals surface area contributed by atoms with Gasteiger partial charge >= 0.3 is 6.18 Å². The fourth-order valence-corrected chi connectivity index (χ4v) is 4.01. The Kier molecular flexibility index (Phi) is 5.94. The first-order chi connectivity index (χ1) is 14.8. The van der Waals surface area contributed by atoms with Crippen molar-refractivity contribution < 1.29 is 13.2 Å². The minimum atomic E-state index is -4.57. The molecule has 2 aromatic heterocycles. The van der Waals surface area contributed by atoms with Crippen LogP contribution < -0.4 is 16.4 Å². The number of halogens is 4. The van der Waals surface area contributed by atoms with Crippen molar-refractivity contribution in [1.29, 1.82) is 0 Å². The summed E-state index contributed by atoms with van der Waals surface area (Å²) in [5.74, 6) is 0.664. The molecule has 0 radical (unpaired) electrons. The highest BCUT2D eigenvalue weighted by Crippen LogP contribution is 2.37. The lowest BCUT2D eigenvalue weighted by Crippen LogP contribution is -2.43. The highest BCUT2D eigenvalue weighted by molar-refractivity contribution is 6.31. The molecule has 3 aromatic rings. The van der Waals surface area contributed by atoms with Crippen molar-refractivity contribution in [2.24, 2.45) is 5.73 Å². The van der Waals surface area contributed by atoms with Gasteiger partial charge in [-0.05, 0) is 38.0 Å². The number of fused-ring (bicyclic) bond motifs is 1. The second-order valence-electron chi connectivity index (χ2n) is 7.62. The predicted molar refractivity (Wildman–Crippen MR) is 115 cm³/mol. The van der Waals surface area contributed by atoms with Gasteiger partial charge in [0.2, 0.25) is 5.95 Å². The Morgan fingerprint density at radius 1 is 1.23 bits per heavy atom. The molecule has 1 saturated carbocycles. The van der Waals surface area contributed by atoms with Crippen LogP contribution in [0.5, 0.6) is 0 Å². The summed E-state index contributed by atoms with van der Waals surface area (Å²) in [6, 6.07) is 3.65. The summed E-state index contributed by atoms with van der Waals surface area (Å²) in [4.78, 5) is 13.4. The summed E-state index contributed by atoms with van der Waals surface area (Å²) in [6.45, 7) is 2.59. The molecule has 0 bridgehead atoms. The quantitative estimate of drug-likeness (QED) is 0.506. The number of alkyl halides is 3. The minimum absolute atomic E-state index is 0.00819. The molecule has 166 valence electrons. The Balaban J connectivity index is 1.72. The normalized spacial score (nSPS) is 19.5. The van der Waals surface area contributed by atoms with Gasteiger partial charge in [-0.25, -0.2) is 4.98 Å². The van der Waals surface area contributed by atoms with Crippen molar-refractivity contribution in [3.8, 4) is 0 Å². The van der Waals surface area contributed by atoms with E-state index in [0.29, 0.717) is 29.5 Å². The number of hydrogen-bond acceptors (Lipinski definition) is 6. The molecule has 2 atom stereocenters. The van der Waals surface area contributed by atoms with E-state index < -0.39 is 11.7 Å². The van der Waals surface area contributed by atoms with Crippen LogP contribution in [0.25, 0.3) is 11.2 Å². The molecule has 1 aromatic carbocycles. The van der Waals surface area contributed by atoms with Gasteiger partial charge in [-0.3, -0.25) is 0 Å². The van der Waals surface area contributed by atoms with Crippen molar-refractivity contribution in [2.75, 3.05) is 10.6 Å². The van der Waals surface area contributed by atoms with E-state index in [1.165, 1.54) is 12.1 Å². The Labute approximate surface area is 182 Å². The number of aromatic nitrogens is 4. The third-order valence-electron chi connectivity index (χ3n) is 5.47. The lowest BCUT2D eigenvalue weighted by atomic mass is 9.91. The summed E-state index contributed by atoms with van der Waals surface area (Å²) in [5, 5.41) is 5.90. The third-order valence-corrected chi connectivity index (χ3v) is 5.80. The Bertz CT molecular complexity index is 1080. The molecule has 0 saturated heterocycles. The van der Waals surface area contributed by atoms with E-state index in [9.17, 15) is 13.2 Å². The van der Waals surface area contributed by atoms with Crippen molar-refractivity contribution in [1.82, 2.24) is 19.5 Å². The highest BCUT2D eigenvalue weighted by atomic mass is 35.5. The van der Waals surface area contributed by atoms with Crippen LogP contribution in [-0.4, -0.2) is 31.6 Å². The molecule has 0 unspecified atom stereocenters. The summed E-state index contributed by atoms with van der Waals surface area (Å²) in [5.41, 5.74) is 6.56. The Morgan fingerprint density at radius 3 is 2.71 bits per heavy atom. The molecule has 1 aliphatic carbocycles. The average molecular weight is 454 g/mol.